The van der Waals surface area contributed by atoms with Gasteiger partial charge in [0.25, 0.3) is 0 Å². The number of alkyl halides is 3. The quantitative estimate of drug-likeness (QED) is 0.863. The molecule has 0 aromatic carbocycles. The molecule has 0 N–H and O–H groups in total. The van der Waals surface area contributed by atoms with E-state index in [1.165, 1.54) is 4.68 Å². The zero-order valence-electron chi connectivity index (χ0n) is 13.2. The van der Waals surface area contributed by atoms with Crippen LogP contribution in [0.3, 0.4) is 0 Å². The van der Waals surface area contributed by atoms with Crippen molar-refractivity contribution >= 4 is 0 Å². The molecule has 23 heavy (non-hydrogen) atoms. The molecule has 8 heteroatoms. The van der Waals surface area contributed by atoms with E-state index in [1.807, 2.05) is 13.8 Å². The highest BCUT2D eigenvalue weighted by Crippen LogP contribution is 2.35. The third-order valence-corrected chi connectivity index (χ3v) is 3.91. The second-order valence-electron chi connectivity index (χ2n) is 6.34. The topological polar surface area (TPSA) is 56.7 Å². The van der Waals surface area contributed by atoms with Crippen molar-refractivity contribution in [2.24, 2.45) is 5.92 Å². The highest BCUT2D eigenvalue weighted by atomic mass is 19.4. The van der Waals surface area contributed by atoms with E-state index in [4.69, 9.17) is 4.52 Å². The van der Waals surface area contributed by atoms with Gasteiger partial charge in [0.05, 0.1) is 0 Å². The maximum absolute atomic E-state index is 13.1. The summed E-state index contributed by atoms with van der Waals surface area (Å²) in [5.41, 5.74) is 0.201. The van der Waals surface area contributed by atoms with Crippen molar-refractivity contribution in [1.82, 2.24) is 19.9 Å². The van der Waals surface area contributed by atoms with Crippen LogP contribution in [0.1, 0.15) is 55.4 Å². The second-order valence-corrected chi connectivity index (χ2v) is 6.34. The number of halogens is 3. The summed E-state index contributed by atoms with van der Waals surface area (Å²) in [6, 6.07) is 0. The molecule has 1 aliphatic rings. The molecule has 0 atom stereocenters. The Balaban J connectivity index is 1.88. The minimum Gasteiger partial charge on any atom is -0.337 e. The van der Waals surface area contributed by atoms with Crippen LogP contribution in [-0.4, -0.2) is 19.9 Å². The van der Waals surface area contributed by atoms with E-state index >= 15 is 0 Å². The first-order valence-corrected chi connectivity index (χ1v) is 7.82. The Hall–Kier alpha value is -1.86. The molecule has 0 spiro atoms. The Morgan fingerprint density at radius 3 is 2.65 bits per heavy atom. The van der Waals surface area contributed by atoms with Gasteiger partial charge in [-0.15, -0.1) is 0 Å². The number of rotatable bonds is 4. The van der Waals surface area contributed by atoms with Gasteiger partial charge in [0.2, 0.25) is 5.89 Å². The minimum absolute atomic E-state index is 0.0868. The number of hydrogen-bond acceptors (Lipinski definition) is 4. The van der Waals surface area contributed by atoms with Gasteiger partial charge in [-0.1, -0.05) is 19.0 Å². The highest BCUT2D eigenvalue weighted by Gasteiger charge is 2.39. The second kappa shape index (κ2) is 5.98. The molecule has 0 unspecified atom stereocenters. The summed E-state index contributed by atoms with van der Waals surface area (Å²) < 4.78 is 46.0. The van der Waals surface area contributed by atoms with Crippen LogP contribution in [0.5, 0.6) is 0 Å². The fourth-order valence-corrected chi connectivity index (χ4v) is 2.96. The van der Waals surface area contributed by atoms with E-state index in [-0.39, 0.29) is 6.54 Å². The lowest BCUT2D eigenvalue weighted by molar-refractivity contribution is -0.142. The average Bonchev–Trinajstić information content (AvgIpc) is 3.03. The molecule has 1 aliphatic carbocycles. The van der Waals surface area contributed by atoms with Crippen LogP contribution in [0, 0.1) is 5.92 Å². The normalized spacial score (nSPS) is 15.2. The lowest BCUT2D eigenvalue weighted by Crippen LogP contribution is -2.11. The van der Waals surface area contributed by atoms with Gasteiger partial charge in [-0.05, 0) is 31.6 Å². The maximum atomic E-state index is 13.1. The molecule has 0 radical (unpaired) electrons. The van der Waals surface area contributed by atoms with Gasteiger partial charge in [0.15, 0.2) is 11.5 Å². The standard InChI is InChI=1S/C15H19F3N4O/c1-9(2)7-12-19-13(23-21-12)8-22-11-6-4-3-5-10(11)14(20-22)15(16,17)18/h9H,3-8H2,1-2H3. The van der Waals surface area contributed by atoms with Crippen LogP contribution in [0.2, 0.25) is 0 Å². The average molecular weight is 328 g/mol. The lowest BCUT2D eigenvalue weighted by Gasteiger charge is -2.14. The van der Waals surface area contributed by atoms with Gasteiger partial charge in [-0.25, -0.2) is 0 Å². The zero-order chi connectivity index (χ0) is 16.6. The van der Waals surface area contributed by atoms with Crippen LogP contribution in [0.4, 0.5) is 13.2 Å². The number of fused-ring (bicyclic) bond motifs is 1. The molecule has 5 nitrogen and oxygen atoms in total. The summed E-state index contributed by atoms with van der Waals surface area (Å²) in [5.74, 6) is 1.26. The maximum Gasteiger partial charge on any atom is 0.435 e. The SMILES string of the molecule is CC(C)Cc1noc(Cn2nc(C(F)(F)F)c3c2CCCC3)n1. The predicted molar refractivity (Wildman–Crippen MR) is 75.8 cm³/mol. The van der Waals surface area contributed by atoms with Crippen molar-refractivity contribution in [3.8, 4) is 0 Å². The summed E-state index contributed by atoms with van der Waals surface area (Å²) in [6.45, 7) is 4.16. The first kappa shape index (κ1) is 16.0. The first-order chi connectivity index (χ1) is 10.8. The third-order valence-electron chi connectivity index (χ3n) is 3.91. The molecule has 2 heterocycles. The molecule has 0 bridgehead atoms. The molecule has 126 valence electrons. The summed E-state index contributed by atoms with van der Waals surface area (Å²) in [5, 5.41) is 7.66. The lowest BCUT2D eigenvalue weighted by atomic mass is 9.95. The summed E-state index contributed by atoms with van der Waals surface area (Å²) in [6.07, 6.45) is -1.09. The number of aromatic nitrogens is 4. The third kappa shape index (κ3) is 3.40. The van der Waals surface area contributed by atoms with Gasteiger partial charge < -0.3 is 4.52 Å². The van der Waals surface area contributed by atoms with E-state index in [2.05, 4.69) is 15.2 Å². The van der Waals surface area contributed by atoms with E-state index in [9.17, 15) is 13.2 Å². The van der Waals surface area contributed by atoms with Gasteiger partial charge in [-0.3, -0.25) is 4.68 Å². The van der Waals surface area contributed by atoms with Gasteiger partial charge in [-0.2, -0.15) is 23.3 Å². The van der Waals surface area contributed by atoms with Gasteiger partial charge in [0, 0.05) is 17.7 Å². The van der Waals surface area contributed by atoms with Crippen LogP contribution in [-0.2, 0) is 32.0 Å². The Morgan fingerprint density at radius 2 is 1.96 bits per heavy atom. The van der Waals surface area contributed by atoms with Crippen molar-refractivity contribution in [3.05, 3.63) is 28.7 Å². The number of hydrogen-bond donors (Lipinski definition) is 0. The molecule has 2 aromatic rings. The fraction of sp³-hybridized carbons (Fsp3) is 0.667. The Bertz CT molecular complexity index is 687. The van der Waals surface area contributed by atoms with E-state index in [1.54, 1.807) is 0 Å². The van der Waals surface area contributed by atoms with E-state index < -0.39 is 11.9 Å². The molecule has 3 rings (SSSR count). The molecule has 0 fully saturated rings. The molecular weight excluding hydrogens is 309 g/mol. The monoisotopic (exact) mass is 328 g/mol. The Kier molecular flexibility index (Phi) is 4.16. The van der Waals surface area contributed by atoms with Crippen molar-refractivity contribution < 1.29 is 17.7 Å². The van der Waals surface area contributed by atoms with Gasteiger partial charge in [0.1, 0.15) is 6.54 Å². The molecule has 0 aliphatic heterocycles. The predicted octanol–water partition coefficient (Wildman–Crippen LogP) is 3.41. The zero-order valence-corrected chi connectivity index (χ0v) is 13.2. The smallest absolute Gasteiger partial charge is 0.337 e. The van der Waals surface area contributed by atoms with E-state index in [0.717, 1.165) is 12.8 Å². The first-order valence-electron chi connectivity index (χ1n) is 7.82. The molecule has 0 saturated heterocycles. The van der Waals surface area contributed by atoms with Crippen LogP contribution < -0.4 is 0 Å². The summed E-state index contributed by atoms with van der Waals surface area (Å²) >= 11 is 0. The summed E-state index contributed by atoms with van der Waals surface area (Å²) in [4.78, 5) is 4.25. The van der Waals surface area contributed by atoms with Crippen LogP contribution in [0.15, 0.2) is 4.52 Å². The number of nitrogens with zero attached hydrogens (tertiary/aromatic N) is 4. The summed E-state index contributed by atoms with van der Waals surface area (Å²) in [7, 11) is 0. The highest BCUT2D eigenvalue weighted by molar-refractivity contribution is 5.31. The molecular formula is C15H19F3N4O. The molecule has 0 saturated carbocycles. The van der Waals surface area contributed by atoms with Crippen molar-refractivity contribution in [3.63, 3.8) is 0 Å². The fourth-order valence-electron chi connectivity index (χ4n) is 2.96. The van der Waals surface area contributed by atoms with Crippen molar-refractivity contribution in [1.29, 1.82) is 0 Å². The minimum atomic E-state index is -4.43. The Morgan fingerprint density at radius 1 is 1.22 bits per heavy atom. The Labute approximate surface area is 131 Å². The van der Waals surface area contributed by atoms with Crippen molar-refractivity contribution in [2.45, 2.75) is 58.7 Å². The van der Waals surface area contributed by atoms with E-state index in [0.29, 0.717) is 48.2 Å². The van der Waals surface area contributed by atoms with Gasteiger partial charge >= 0.3 is 6.18 Å². The largest absolute Gasteiger partial charge is 0.435 e. The van der Waals surface area contributed by atoms with Crippen LogP contribution in [0.25, 0.3) is 0 Å². The molecule has 0 amide bonds. The van der Waals surface area contributed by atoms with Crippen molar-refractivity contribution in [2.75, 3.05) is 0 Å². The molecule has 2 aromatic heterocycles. The van der Waals surface area contributed by atoms with Crippen LogP contribution >= 0.6 is 0 Å².